The minimum atomic E-state index is 0.181. The van der Waals surface area contributed by atoms with Crippen LogP contribution in [0.4, 0.5) is 0 Å². The molecule has 0 unspecified atom stereocenters. The molecule has 5 heteroatoms. The fourth-order valence-corrected chi connectivity index (χ4v) is 2.35. The van der Waals surface area contributed by atoms with Gasteiger partial charge in [-0.05, 0) is 23.8 Å². The van der Waals surface area contributed by atoms with Gasteiger partial charge in [0.2, 0.25) is 5.91 Å². The van der Waals surface area contributed by atoms with Crippen LogP contribution in [0.25, 0.3) is 0 Å². The van der Waals surface area contributed by atoms with Crippen molar-refractivity contribution in [3.63, 3.8) is 0 Å². The molecule has 0 aromatic heterocycles. The van der Waals surface area contributed by atoms with Crippen LogP contribution in [0.5, 0.6) is 5.75 Å². The van der Waals surface area contributed by atoms with E-state index >= 15 is 0 Å². The van der Waals surface area contributed by atoms with E-state index < -0.39 is 0 Å². The number of likely N-dealkylation sites (N-methyl/N-ethyl adjacent to an activating group) is 1. The van der Waals surface area contributed by atoms with Gasteiger partial charge in [0, 0.05) is 31.2 Å². The third-order valence-electron chi connectivity index (χ3n) is 3.18. The van der Waals surface area contributed by atoms with E-state index in [1.54, 1.807) is 12.0 Å². The number of hydrogen-bond donors (Lipinski definition) is 0. The molecule has 0 radical (unpaired) electrons. The molecule has 1 aromatic carbocycles. The Balaban J connectivity index is 2.07. The molecule has 98 valence electrons. The van der Waals surface area contributed by atoms with Crippen LogP contribution >= 0.6 is 15.9 Å². The number of amides is 1. The van der Waals surface area contributed by atoms with Crippen molar-refractivity contribution in [2.24, 2.45) is 0 Å². The summed E-state index contributed by atoms with van der Waals surface area (Å²) in [6, 6.07) is 5.90. The Labute approximate surface area is 116 Å². The number of carbonyl (C=O) groups excluding carboxylic acids is 1. The third-order valence-corrected chi connectivity index (χ3v) is 3.96. The van der Waals surface area contributed by atoms with Crippen molar-refractivity contribution in [1.82, 2.24) is 9.80 Å². The maximum absolute atomic E-state index is 11.7. The molecule has 0 aliphatic carbocycles. The summed E-state index contributed by atoms with van der Waals surface area (Å²) in [6.45, 7) is 2.95. The monoisotopic (exact) mass is 312 g/mol. The number of piperazine rings is 1. The first-order chi connectivity index (χ1) is 8.60. The van der Waals surface area contributed by atoms with Crippen molar-refractivity contribution in [3.05, 3.63) is 28.2 Å². The molecule has 1 saturated heterocycles. The predicted molar refractivity (Wildman–Crippen MR) is 73.6 cm³/mol. The number of nitrogens with zero attached hydrogens (tertiary/aromatic N) is 2. The maximum atomic E-state index is 11.7. The van der Waals surface area contributed by atoms with Crippen LogP contribution in [0.3, 0.4) is 0 Å². The Morgan fingerprint density at radius 2 is 2.17 bits per heavy atom. The van der Waals surface area contributed by atoms with E-state index in [1.807, 2.05) is 25.2 Å². The van der Waals surface area contributed by atoms with E-state index in [1.165, 1.54) is 0 Å². The highest BCUT2D eigenvalue weighted by Crippen LogP contribution is 2.24. The molecular formula is C13H17BrN2O2. The molecule has 18 heavy (non-hydrogen) atoms. The highest BCUT2D eigenvalue weighted by atomic mass is 79.9. The van der Waals surface area contributed by atoms with Crippen molar-refractivity contribution >= 4 is 21.8 Å². The lowest BCUT2D eigenvalue weighted by molar-refractivity contribution is -0.134. The van der Waals surface area contributed by atoms with Gasteiger partial charge in [-0.15, -0.1) is 0 Å². The van der Waals surface area contributed by atoms with Crippen molar-refractivity contribution in [1.29, 1.82) is 0 Å². The van der Waals surface area contributed by atoms with Gasteiger partial charge in [-0.1, -0.05) is 15.9 Å². The zero-order valence-electron chi connectivity index (χ0n) is 10.6. The number of hydrogen-bond acceptors (Lipinski definition) is 3. The summed E-state index contributed by atoms with van der Waals surface area (Å²) >= 11 is 3.54. The number of benzene rings is 1. The number of methoxy groups -OCH3 is 1. The number of carbonyl (C=O) groups is 1. The Kier molecular flexibility index (Phi) is 4.24. The molecule has 1 heterocycles. The van der Waals surface area contributed by atoms with Gasteiger partial charge >= 0.3 is 0 Å². The van der Waals surface area contributed by atoms with Crippen molar-refractivity contribution in [2.75, 3.05) is 33.8 Å². The average Bonchev–Trinajstić information content (AvgIpc) is 2.36. The first-order valence-electron chi connectivity index (χ1n) is 5.89. The van der Waals surface area contributed by atoms with Gasteiger partial charge in [-0.2, -0.15) is 0 Å². The number of halogens is 1. The Bertz CT molecular complexity index is 451. The van der Waals surface area contributed by atoms with Crippen LogP contribution in [0, 0.1) is 0 Å². The zero-order valence-corrected chi connectivity index (χ0v) is 12.2. The lowest BCUT2D eigenvalue weighted by Crippen LogP contribution is -2.48. The average molecular weight is 313 g/mol. The lowest BCUT2D eigenvalue weighted by Gasteiger charge is -2.32. The van der Waals surface area contributed by atoms with Gasteiger partial charge in [0.1, 0.15) is 5.75 Å². The summed E-state index contributed by atoms with van der Waals surface area (Å²) in [5.74, 6) is 1.02. The van der Waals surface area contributed by atoms with Gasteiger partial charge in [0.25, 0.3) is 0 Å². The van der Waals surface area contributed by atoms with Gasteiger partial charge < -0.3 is 9.64 Å². The molecule has 1 aliphatic heterocycles. The van der Waals surface area contributed by atoms with E-state index in [9.17, 15) is 4.79 Å². The Morgan fingerprint density at radius 1 is 1.39 bits per heavy atom. The van der Waals surface area contributed by atoms with Gasteiger partial charge in [-0.3, -0.25) is 9.69 Å². The molecule has 2 rings (SSSR count). The first-order valence-corrected chi connectivity index (χ1v) is 6.68. The highest BCUT2D eigenvalue weighted by molar-refractivity contribution is 9.10. The second-order valence-electron chi connectivity index (χ2n) is 4.48. The van der Waals surface area contributed by atoms with Crippen LogP contribution in [-0.2, 0) is 11.3 Å². The summed E-state index contributed by atoms with van der Waals surface area (Å²) in [5.41, 5.74) is 1.15. The fraction of sp³-hybridized carbons (Fsp3) is 0.462. The van der Waals surface area contributed by atoms with Crippen molar-refractivity contribution in [3.8, 4) is 5.75 Å². The molecule has 1 aromatic rings. The molecule has 0 N–H and O–H groups in total. The largest absolute Gasteiger partial charge is 0.497 e. The van der Waals surface area contributed by atoms with Gasteiger partial charge in [0.05, 0.1) is 13.7 Å². The van der Waals surface area contributed by atoms with E-state index in [2.05, 4.69) is 20.8 Å². The smallest absolute Gasteiger partial charge is 0.236 e. The predicted octanol–water partition coefficient (Wildman–Crippen LogP) is 1.73. The quantitative estimate of drug-likeness (QED) is 0.852. The molecule has 1 aliphatic rings. The third kappa shape index (κ3) is 3.03. The molecule has 1 amide bonds. The zero-order chi connectivity index (χ0) is 13.1. The van der Waals surface area contributed by atoms with Crippen LogP contribution in [-0.4, -0.2) is 49.5 Å². The van der Waals surface area contributed by atoms with Gasteiger partial charge in [0.15, 0.2) is 0 Å². The SMILES string of the molecule is COc1ccc(Br)c(CN2CCN(C)C(=O)C2)c1. The summed E-state index contributed by atoms with van der Waals surface area (Å²) in [6.07, 6.45) is 0. The number of rotatable bonds is 3. The van der Waals surface area contributed by atoms with E-state index in [4.69, 9.17) is 4.74 Å². The Morgan fingerprint density at radius 3 is 2.83 bits per heavy atom. The van der Waals surface area contributed by atoms with E-state index in [0.29, 0.717) is 6.54 Å². The van der Waals surface area contributed by atoms with Crippen molar-refractivity contribution in [2.45, 2.75) is 6.54 Å². The number of ether oxygens (including phenoxy) is 1. The second-order valence-corrected chi connectivity index (χ2v) is 5.34. The lowest BCUT2D eigenvalue weighted by atomic mass is 10.2. The van der Waals surface area contributed by atoms with Gasteiger partial charge in [-0.25, -0.2) is 0 Å². The van der Waals surface area contributed by atoms with E-state index in [-0.39, 0.29) is 5.91 Å². The first kappa shape index (κ1) is 13.4. The summed E-state index contributed by atoms with van der Waals surface area (Å²) in [7, 11) is 3.51. The summed E-state index contributed by atoms with van der Waals surface area (Å²) in [5, 5.41) is 0. The highest BCUT2D eigenvalue weighted by Gasteiger charge is 2.21. The molecule has 0 atom stereocenters. The van der Waals surface area contributed by atoms with Crippen LogP contribution < -0.4 is 4.74 Å². The maximum Gasteiger partial charge on any atom is 0.236 e. The van der Waals surface area contributed by atoms with Crippen LogP contribution in [0.15, 0.2) is 22.7 Å². The normalized spacial score (nSPS) is 17.1. The van der Waals surface area contributed by atoms with Crippen molar-refractivity contribution < 1.29 is 9.53 Å². The molecular weight excluding hydrogens is 296 g/mol. The summed E-state index contributed by atoms with van der Waals surface area (Å²) in [4.78, 5) is 15.6. The molecule has 0 spiro atoms. The molecule has 4 nitrogen and oxygen atoms in total. The summed E-state index contributed by atoms with van der Waals surface area (Å²) < 4.78 is 6.27. The minimum Gasteiger partial charge on any atom is -0.497 e. The molecule has 0 bridgehead atoms. The van der Waals surface area contributed by atoms with Crippen LogP contribution in [0.2, 0.25) is 0 Å². The van der Waals surface area contributed by atoms with E-state index in [0.717, 1.165) is 35.4 Å². The minimum absolute atomic E-state index is 0.181. The topological polar surface area (TPSA) is 32.8 Å². The molecule has 1 fully saturated rings. The van der Waals surface area contributed by atoms with Crippen LogP contribution in [0.1, 0.15) is 5.56 Å². The molecule has 0 saturated carbocycles. The standard InChI is InChI=1S/C13H17BrN2O2/c1-15-5-6-16(9-13(15)17)8-10-7-11(18-2)3-4-12(10)14/h3-4,7H,5-6,8-9H2,1-2H3. The second kappa shape index (κ2) is 5.71. The fourth-order valence-electron chi connectivity index (χ4n) is 1.98. The Hall–Kier alpha value is -1.07.